The van der Waals surface area contributed by atoms with Crippen molar-refractivity contribution in [2.45, 2.75) is 32.6 Å². The van der Waals surface area contributed by atoms with Gasteiger partial charge in [-0.2, -0.15) is 11.3 Å². The number of hydrogen-bond donors (Lipinski definition) is 1. The van der Waals surface area contributed by atoms with E-state index in [1.54, 1.807) is 11.3 Å². The van der Waals surface area contributed by atoms with Gasteiger partial charge in [0.05, 0.1) is 0 Å². The summed E-state index contributed by atoms with van der Waals surface area (Å²) < 4.78 is 0. The monoisotopic (exact) mass is 266 g/mol. The number of rotatable bonds is 9. The summed E-state index contributed by atoms with van der Waals surface area (Å²) in [6, 6.07) is 2.22. The highest BCUT2D eigenvalue weighted by Crippen LogP contribution is 2.26. The van der Waals surface area contributed by atoms with Crippen molar-refractivity contribution in [3.8, 4) is 0 Å². The van der Waals surface area contributed by atoms with Crippen molar-refractivity contribution in [2.24, 2.45) is 5.92 Å². The van der Waals surface area contributed by atoms with Crippen LogP contribution in [0.25, 0.3) is 0 Å². The Morgan fingerprint density at radius 3 is 2.89 bits per heavy atom. The lowest BCUT2D eigenvalue weighted by atomic mass is 9.85. The summed E-state index contributed by atoms with van der Waals surface area (Å²) >= 11 is 1.79. The van der Waals surface area contributed by atoms with E-state index in [4.69, 9.17) is 0 Å². The molecular weight excluding hydrogens is 240 g/mol. The summed E-state index contributed by atoms with van der Waals surface area (Å²) in [5.74, 6) is 0.996. The molecule has 0 unspecified atom stereocenters. The maximum Gasteiger partial charge on any atom is 0.0107 e. The molecule has 18 heavy (non-hydrogen) atoms. The van der Waals surface area contributed by atoms with E-state index >= 15 is 0 Å². The van der Waals surface area contributed by atoms with Crippen molar-refractivity contribution >= 4 is 11.3 Å². The van der Waals surface area contributed by atoms with Crippen LogP contribution in [0, 0.1) is 5.92 Å². The molecule has 0 aliphatic heterocycles. The first-order valence-electron chi connectivity index (χ1n) is 7.32. The summed E-state index contributed by atoms with van der Waals surface area (Å²) in [6.45, 7) is 8.24. The molecule has 1 N–H and O–H groups in total. The first kappa shape index (κ1) is 14.0. The summed E-state index contributed by atoms with van der Waals surface area (Å²) in [5.41, 5.74) is 1.47. The van der Waals surface area contributed by atoms with Gasteiger partial charge >= 0.3 is 0 Å². The third-order valence-electron chi connectivity index (χ3n) is 3.96. The van der Waals surface area contributed by atoms with Crippen molar-refractivity contribution < 1.29 is 0 Å². The third-order valence-corrected chi connectivity index (χ3v) is 4.70. The molecule has 1 heterocycles. The summed E-state index contributed by atoms with van der Waals surface area (Å²) in [6.07, 6.45) is 5.55. The minimum Gasteiger partial charge on any atom is -0.315 e. The lowest BCUT2D eigenvalue weighted by Gasteiger charge is -2.31. The Morgan fingerprint density at radius 1 is 1.39 bits per heavy atom. The number of nitrogens with zero attached hydrogens (tertiary/aromatic N) is 1. The Bertz CT molecular complexity index is 306. The van der Waals surface area contributed by atoms with Crippen LogP contribution < -0.4 is 5.32 Å². The molecule has 0 saturated heterocycles. The van der Waals surface area contributed by atoms with Gasteiger partial charge in [-0.3, -0.25) is 0 Å². The molecule has 1 aromatic rings. The zero-order valence-corrected chi connectivity index (χ0v) is 12.3. The average Bonchev–Trinajstić information content (AvgIpc) is 2.83. The topological polar surface area (TPSA) is 15.3 Å². The van der Waals surface area contributed by atoms with Crippen molar-refractivity contribution in [2.75, 3.05) is 32.7 Å². The van der Waals surface area contributed by atoms with Gasteiger partial charge in [-0.15, -0.1) is 0 Å². The van der Waals surface area contributed by atoms with Gasteiger partial charge in [-0.25, -0.2) is 0 Å². The molecule has 0 spiro atoms. The second-order valence-electron chi connectivity index (χ2n) is 5.32. The Labute approximate surface area is 115 Å². The molecule has 0 radical (unpaired) electrons. The SMILES string of the molecule is CCN(CCNCCc1ccsc1)CC1CCC1. The predicted octanol–water partition coefficient (Wildman–Crippen LogP) is 3.00. The van der Waals surface area contributed by atoms with E-state index in [-0.39, 0.29) is 0 Å². The molecule has 0 atom stereocenters. The summed E-state index contributed by atoms with van der Waals surface area (Å²) in [4.78, 5) is 2.60. The van der Waals surface area contributed by atoms with E-state index in [0.717, 1.165) is 25.4 Å². The van der Waals surface area contributed by atoms with Crippen molar-refractivity contribution in [1.29, 1.82) is 0 Å². The Hall–Kier alpha value is -0.380. The van der Waals surface area contributed by atoms with Crippen LogP contribution in [0.15, 0.2) is 16.8 Å². The highest BCUT2D eigenvalue weighted by Gasteiger charge is 2.19. The second-order valence-corrected chi connectivity index (χ2v) is 6.10. The quantitative estimate of drug-likeness (QED) is 0.691. The maximum atomic E-state index is 3.56. The number of nitrogens with one attached hydrogen (secondary N) is 1. The lowest BCUT2D eigenvalue weighted by Crippen LogP contribution is -2.37. The molecule has 2 rings (SSSR count). The normalized spacial score (nSPS) is 16.1. The molecule has 2 nitrogen and oxygen atoms in total. The lowest BCUT2D eigenvalue weighted by molar-refractivity contribution is 0.184. The molecule has 1 aromatic heterocycles. The molecule has 1 aliphatic rings. The van der Waals surface area contributed by atoms with E-state index in [0.29, 0.717) is 0 Å². The number of likely N-dealkylation sites (N-methyl/N-ethyl adjacent to an activating group) is 1. The van der Waals surface area contributed by atoms with Crippen LogP contribution in [0.3, 0.4) is 0 Å². The van der Waals surface area contributed by atoms with E-state index in [2.05, 4.69) is 34.0 Å². The van der Waals surface area contributed by atoms with E-state index in [1.807, 2.05) is 0 Å². The molecule has 0 bridgehead atoms. The van der Waals surface area contributed by atoms with Gasteiger partial charge in [-0.1, -0.05) is 13.3 Å². The van der Waals surface area contributed by atoms with Gasteiger partial charge < -0.3 is 10.2 Å². The van der Waals surface area contributed by atoms with Gasteiger partial charge in [0.2, 0.25) is 0 Å². The molecule has 0 aromatic carbocycles. The standard InChI is InChI=1S/C15H26N2S/c1-2-17(12-14-4-3-5-14)10-9-16-8-6-15-7-11-18-13-15/h7,11,13-14,16H,2-6,8-10,12H2,1H3. The molecule has 1 fully saturated rings. The third kappa shape index (κ3) is 4.71. The van der Waals surface area contributed by atoms with Crippen LogP contribution in [-0.4, -0.2) is 37.6 Å². The number of hydrogen-bond acceptors (Lipinski definition) is 3. The average molecular weight is 266 g/mol. The summed E-state index contributed by atoms with van der Waals surface area (Å²) in [7, 11) is 0. The van der Waals surface area contributed by atoms with Crippen LogP contribution in [0.5, 0.6) is 0 Å². The van der Waals surface area contributed by atoms with Crippen molar-refractivity contribution in [1.82, 2.24) is 10.2 Å². The van der Waals surface area contributed by atoms with Crippen LogP contribution in [-0.2, 0) is 6.42 Å². The fourth-order valence-corrected chi connectivity index (χ4v) is 3.15. The van der Waals surface area contributed by atoms with E-state index in [1.165, 1.54) is 44.5 Å². The Balaban J connectivity index is 1.50. The smallest absolute Gasteiger partial charge is 0.0107 e. The molecule has 102 valence electrons. The van der Waals surface area contributed by atoms with Gasteiger partial charge in [0.25, 0.3) is 0 Å². The highest BCUT2D eigenvalue weighted by molar-refractivity contribution is 7.07. The first-order valence-corrected chi connectivity index (χ1v) is 8.27. The van der Waals surface area contributed by atoms with Crippen LogP contribution in [0.4, 0.5) is 0 Å². The minimum absolute atomic E-state index is 0.996. The van der Waals surface area contributed by atoms with Crippen LogP contribution >= 0.6 is 11.3 Å². The highest BCUT2D eigenvalue weighted by atomic mass is 32.1. The van der Waals surface area contributed by atoms with Gasteiger partial charge in [0.15, 0.2) is 0 Å². The molecule has 0 amide bonds. The predicted molar refractivity (Wildman–Crippen MR) is 80.3 cm³/mol. The first-order chi connectivity index (χ1) is 8.88. The molecule has 3 heteroatoms. The van der Waals surface area contributed by atoms with Gasteiger partial charge in [0.1, 0.15) is 0 Å². The largest absolute Gasteiger partial charge is 0.315 e. The molecule has 1 saturated carbocycles. The fourth-order valence-electron chi connectivity index (χ4n) is 2.45. The van der Waals surface area contributed by atoms with Crippen molar-refractivity contribution in [3.63, 3.8) is 0 Å². The minimum atomic E-state index is 0.996. The second kappa shape index (κ2) is 7.93. The van der Waals surface area contributed by atoms with Gasteiger partial charge in [-0.05, 0) is 60.7 Å². The zero-order valence-electron chi connectivity index (χ0n) is 11.5. The maximum absolute atomic E-state index is 3.56. The summed E-state index contributed by atoms with van der Waals surface area (Å²) in [5, 5.41) is 7.97. The molecule has 1 aliphatic carbocycles. The Kier molecular flexibility index (Phi) is 6.18. The fraction of sp³-hybridized carbons (Fsp3) is 0.733. The number of thiophene rings is 1. The Morgan fingerprint density at radius 2 is 2.28 bits per heavy atom. The zero-order chi connectivity index (χ0) is 12.6. The van der Waals surface area contributed by atoms with E-state index < -0.39 is 0 Å². The van der Waals surface area contributed by atoms with Gasteiger partial charge in [0, 0.05) is 19.6 Å². The van der Waals surface area contributed by atoms with Crippen molar-refractivity contribution in [3.05, 3.63) is 22.4 Å². The van der Waals surface area contributed by atoms with Crippen LogP contribution in [0.1, 0.15) is 31.7 Å². The molecular formula is C15H26N2S. The van der Waals surface area contributed by atoms with E-state index in [9.17, 15) is 0 Å². The van der Waals surface area contributed by atoms with Crippen LogP contribution in [0.2, 0.25) is 0 Å².